The highest BCUT2D eigenvalue weighted by molar-refractivity contribution is 6.35. The minimum atomic E-state index is -0.544. The lowest BCUT2D eigenvalue weighted by Gasteiger charge is -2.28. The zero-order valence-corrected chi connectivity index (χ0v) is 17.7. The van der Waals surface area contributed by atoms with Gasteiger partial charge in [-0.05, 0) is 42.5 Å². The van der Waals surface area contributed by atoms with Gasteiger partial charge in [-0.3, -0.25) is 14.9 Å². The Bertz CT molecular complexity index is 1140. The van der Waals surface area contributed by atoms with Crippen molar-refractivity contribution < 1.29 is 18.9 Å². The van der Waals surface area contributed by atoms with Gasteiger partial charge in [0.15, 0.2) is 5.76 Å². The van der Waals surface area contributed by atoms with Gasteiger partial charge in [-0.15, -0.1) is 0 Å². The summed E-state index contributed by atoms with van der Waals surface area (Å²) in [4.78, 5) is 25.6. The molecule has 1 N–H and O–H groups in total. The van der Waals surface area contributed by atoms with Crippen LogP contribution in [-0.2, 0) is 4.74 Å². The molecule has 2 heterocycles. The van der Waals surface area contributed by atoms with Gasteiger partial charge in [0.1, 0.15) is 11.4 Å². The largest absolute Gasteiger partial charge is 0.451 e. The Labute approximate surface area is 187 Å². The Morgan fingerprint density at radius 2 is 1.84 bits per heavy atom. The van der Waals surface area contributed by atoms with Crippen LogP contribution < -0.4 is 10.2 Å². The molecule has 10 heteroatoms. The Morgan fingerprint density at radius 3 is 2.58 bits per heavy atom. The molecule has 1 saturated heterocycles. The molecular weight excluding hydrogens is 445 g/mol. The maximum Gasteiger partial charge on any atom is 0.294 e. The minimum absolute atomic E-state index is 0.0333. The number of hydrogen-bond acceptors (Lipinski definition) is 6. The van der Waals surface area contributed by atoms with Crippen LogP contribution in [0.5, 0.6) is 0 Å². The second kappa shape index (κ2) is 8.97. The molecule has 2 aromatic carbocycles. The lowest BCUT2D eigenvalue weighted by atomic mass is 10.2. The van der Waals surface area contributed by atoms with Crippen molar-refractivity contribution in [3.63, 3.8) is 0 Å². The maximum absolute atomic E-state index is 12.6. The first-order valence-corrected chi connectivity index (χ1v) is 10.2. The molecule has 0 aliphatic carbocycles. The Morgan fingerprint density at radius 1 is 1.06 bits per heavy atom. The average Bonchev–Trinajstić information content (AvgIpc) is 3.26. The van der Waals surface area contributed by atoms with Gasteiger partial charge in [-0.25, -0.2) is 0 Å². The third-order valence-corrected chi connectivity index (χ3v) is 5.37. The topological polar surface area (TPSA) is 97.9 Å². The summed E-state index contributed by atoms with van der Waals surface area (Å²) in [6.07, 6.45) is 0. The summed E-state index contributed by atoms with van der Waals surface area (Å²) in [6.45, 7) is 2.14. The molecule has 160 valence electrons. The van der Waals surface area contributed by atoms with Crippen molar-refractivity contribution in [1.82, 2.24) is 0 Å². The number of ether oxygens (including phenoxy) is 1. The van der Waals surface area contributed by atoms with Gasteiger partial charge in [0.25, 0.3) is 11.6 Å². The third kappa shape index (κ3) is 4.66. The van der Waals surface area contributed by atoms with Crippen molar-refractivity contribution in [2.24, 2.45) is 0 Å². The summed E-state index contributed by atoms with van der Waals surface area (Å²) in [5.74, 6) is -0.130. The summed E-state index contributed by atoms with van der Waals surface area (Å²) in [5, 5.41) is 15.1. The average molecular weight is 462 g/mol. The molecule has 4 rings (SSSR count). The lowest BCUT2D eigenvalue weighted by molar-refractivity contribution is -0.384. The van der Waals surface area contributed by atoms with Crippen LogP contribution in [0.15, 0.2) is 52.9 Å². The number of carbonyl (C=O) groups is 1. The molecule has 0 atom stereocenters. The highest BCUT2D eigenvalue weighted by Gasteiger charge is 2.23. The Hall–Kier alpha value is -3.07. The highest BCUT2D eigenvalue weighted by Crippen LogP contribution is 2.33. The van der Waals surface area contributed by atoms with Crippen LogP contribution in [0.1, 0.15) is 10.6 Å². The van der Waals surface area contributed by atoms with Gasteiger partial charge >= 0.3 is 0 Å². The van der Waals surface area contributed by atoms with Crippen LogP contribution in [-0.4, -0.2) is 37.1 Å². The number of rotatable bonds is 5. The van der Waals surface area contributed by atoms with Crippen molar-refractivity contribution in [2.75, 3.05) is 36.5 Å². The van der Waals surface area contributed by atoms with E-state index in [9.17, 15) is 14.9 Å². The Kier molecular flexibility index (Phi) is 6.13. The minimum Gasteiger partial charge on any atom is -0.451 e. The van der Waals surface area contributed by atoms with Crippen LogP contribution in [0.25, 0.3) is 11.3 Å². The molecule has 31 heavy (non-hydrogen) atoms. The molecule has 0 radical (unpaired) electrons. The smallest absolute Gasteiger partial charge is 0.294 e. The van der Waals surface area contributed by atoms with Gasteiger partial charge in [0, 0.05) is 35.4 Å². The van der Waals surface area contributed by atoms with Crippen LogP contribution in [0.3, 0.4) is 0 Å². The molecule has 0 bridgehead atoms. The number of carbonyl (C=O) groups excluding carboxylic acids is 1. The van der Waals surface area contributed by atoms with Crippen LogP contribution in [0.4, 0.5) is 17.1 Å². The number of nitrogens with zero attached hydrogens (tertiary/aromatic N) is 2. The molecule has 8 nitrogen and oxygen atoms in total. The number of hydrogen-bond donors (Lipinski definition) is 1. The fraction of sp³-hybridized carbons (Fsp3) is 0.190. The number of halogens is 2. The van der Waals surface area contributed by atoms with Gasteiger partial charge in [-0.2, -0.15) is 0 Å². The van der Waals surface area contributed by atoms with E-state index in [1.165, 1.54) is 12.1 Å². The van der Waals surface area contributed by atoms with E-state index in [-0.39, 0.29) is 17.1 Å². The second-order valence-electron chi connectivity index (χ2n) is 6.80. The lowest BCUT2D eigenvalue weighted by Crippen LogP contribution is -2.36. The van der Waals surface area contributed by atoms with Crippen molar-refractivity contribution in [1.29, 1.82) is 0 Å². The molecule has 0 spiro atoms. The summed E-state index contributed by atoms with van der Waals surface area (Å²) in [6, 6.07) is 12.6. The Balaban J connectivity index is 1.55. The molecule has 1 aliphatic rings. The predicted molar refractivity (Wildman–Crippen MR) is 118 cm³/mol. The molecule has 1 amide bonds. The van der Waals surface area contributed by atoms with Crippen molar-refractivity contribution in [3.8, 4) is 11.3 Å². The first-order valence-electron chi connectivity index (χ1n) is 9.40. The molecule has 1 aromatic heterocycles. The van der Waals surface area contributed by atoms with E-state index >= 15 is 0 Å². The number of morpholine rings is 1. The van der Waals surface area contributed by atoms with E-state index in [2.05, 4.69) is 5.32 Å². The van der Waals surface area contributed by atoms with E-state index in [1.807, 2.05) is 4.90 Å². The van der Waals surface area contributed by atoms with Gasteiger partial charge < -0.3 is 19.4 Å². The molecule has 1 aliphatic heterocycles. The van der Waals surface area contributed by atoms with Crippen LogP contribution in [0.2, 0.25) is 10.0 Å². The second-order valence-corrected chi connectivity index (χ2v) is 7.65. The van der Waals surface area contributed by atoms with E-state index in [0.29, 0.717) is 53.4 Å². The van der Waals surface area contributed by atoms with E-state index < -0.39 is 10.8 Å². The fourth-order valence-electron chi connectivity index (χ4n) is 3.30. The predicted octanol–water partition coefficient (Wildman–Crippen LogP) is 5.25. The quantitative estimate of drug-likeness (QED) is 0.411. The monoisotopic (exact) mass is 461 g/mol. The number of nitro benzene ring substituents is 1. The van der Waals surface area contributed by atoms with Crippen LogP contribution in [0, 0.1) is 10.1 Å². The molecule has 1 fully saturated rings. The zero-order chi connectivity index (χ0) is 22.0. The van der Waals surface area contributed by atoms with Crippen LogP contribution >= 0.6 is 23.2 Å². The number of nitro groups is 1. The van der Waals surface area contributed by atoms with E-state index in [1.54, 1.807) is 36.4 Å². The van der Waals surface area contributed by atoms with E-state index in [0.717, 1.165) is 0 Å². The molecule has 3 aromatic rings. The standard InChI is InChI=1S/C21H17Cl2N3O5/c22-13-1-3-16(23)15(11-13)19-5-6-20(31-19)21(27)24-14-2-4-17(18(12-14)26(28)29)25-7-9-30-10-8-25/h1-6,11-12H,7-10H2,(H,24,27). The summed E-state index contributed by atoms with van der Waals surface area (Å²) in [5.41, 5.74) is 1.24. The summed E-state index contributed by atoms with van der Waals surface area (Å²) in [7, 11) is 0. The van der Waals surface area contributed by atoms with Crippen molar-refractivity contribution in [3.05, 3.63) is 74.5 Å². The molecular formula is C21H17Cl2N3O5. The first-order chi connectivity index (χ1) is 14.9. The summed E-state index contributed by atoms with van der Waals surface area (Å²) >= 11 is 12.2. The maximum atomic E-state index is 12.6. The molecule has 0 unspecified atom stereocenters. The van der Waals surface area contributed by atoms with Gasteiger partial charge in [0.2, 0.25) is 0 Å². The van der Waals surface area contributed by atoms with Gasteiger partial charge in [0.05, 0.1) is 23.2 Å². The number of furan rings is 1. The van der Waals surface area contributed by atoms with Crippen molar-refractivity contribution >= 4 is 46.2 Å². The van der Waals surface area contributed by atoms with E-state index in [4.69, 9.17) is 32.4 Å². The number of amides is 1. The number of benzene rings is 2. The first kappa shape index (κ1) is 21.2. The van der Waals surface area contributed by atoms with Crippen molar-refractivity contribution in [2.45, 2.75) is 0 Å². The molecule has 0 saturated carbocycles. The highest BCUT2D eigenvalue weighted by atomic mass is 35.5. The zero-order valence-electron chi connectivity index (χ0n) is 16.1. The summed E-state index contributed by atoms with van der Waals surface area (Å²) < 4.78 is 10.9. The fourth-order valence-corrected chi connectivity index (χ4v) is 3.69. The normalized spacial score (nSPS) is 13.8. The third-order valence-electron chi connectivity index (χ3n) is 4.81. The van der Waals surface area contributed by atoms with Gasteiger partial charge in [-0.1, -0.05) is 23.2 Å². The SMILES string of the molecule is O=C(Nc1ccc(N2CCOCC2)c([N+](=O)[O-])c1)c1ccc(-c2cc(Cl)ccc2Cl)o1. The number of anilines is 2. The number of nitrogens with one attached hydrogen (secondary N) is 1.